The zero-order valence-corrected chi connectivity index (χ0v) is 22.2. The van der Waals surface area contributed by atoms with Crippen LogP contribution in [0.2, 0.25) is 0 Å². The first-order valence-electron chi connectivity index (χ1n) is 12.4. The molecule has 3 heterocycles. The summed E-state index contributed by atoms with van der Waals surface area (Å²) < 4.78 is 17.9. The van der Waals surface area contributed by atoms with Gasteiger partial charge in [0.15, 0.2) is 0 Å². The number of halogens is 1. The molecule has 1 unspecified atom stereocenters. The topological polar surface area (TPSA) is 108 Å². The third-order valence-electron chi connectivity index (χ3n) is 6.76. The van der Waals surface area contributed by atoms with Gasteiger partial charge >= 0.3 is 5.97 Å². The van der Waals surface area contributed by atoms with Crippen molar-refractivity contribution in [1.82, 2.24) is 14.9 Å². The second-order valence-electron chi connectivity index (χ2n) is 9.50. The van der Waals surface area contributed by atoms with Crippen molar-refractivity contribution >= 4 is 38.4 Å². The monoisotopic (exact) mass is 541 g/mol. The van der Waals surface area contributed by atoms with Gasteiger partial charge in [0, 0.05) is 40.1 Å². The number of para-hydroxylation sites is 1. The van der Waals surface area contributed by atoms with Gasteiger partial charge in [0.05, 0.1) is 15.2 Å². The lowest BCUT2D eigenvalue weighted by Gasteiger charge is -2.38. The van der Waals surface area contributed by atoms with Gasteiger partial charge in [-0.05, 0) is 69.6 Å². The molecule has 0 bridgehead atoms. The van der Waals surface area contributed by atoms with Crippen molar-refractivity contribution in [1.29, 1.82) is 0 Å². The molecule has 202 valence electrons. The average Bonchev–Trinajstić information content (AvgIpc) is 3.57. The largest absolute Gasteiger partial charge is 0.490 e. The fourth-order valence-electron chi connectivity index (χ4n) is 4.72. The van der Waals surface area contributed by atoms with Crippen LogP contribution in [0.4, 0.5) is 4.53 Å². The SMILES string of the molecule is C=C(OF)C(=O)O.Cc1cccc2sc([C@H]3CCN(CC(O)COc4cccc5[nH]ccc45)[C@@H](C)C3)nc12. The zero-order chi connectivity index (χ0) is 27.2. The summed E-state index contributed by atoms with van der Waals surface area (Å²) in [5.41, 5.74) is 3.46. The number of carboxylic acids is 1. The Morgan fingerprint density at radius 1 is 1.32 bits per heavy atom. The summed E-state index contributed by atoms with van der Waals surface area (Å²) in [6, 6.07) is 14.8. The van der Waals surface area contributed by atoms with E-state index in [9.17, 15) is 14.4 Å². The lowest BCUT2D eigenvalue weighted by molar-refractivity contribution is -0.149. The molecule has 4 aromatic rings. The Kier molecular flexibility index (Phi) is 8.98. The van der Waals surface area contributed by atoms with Crippen molar-refractivity contribution in [3.05, 3.63) is 71.6 Å². The summed E-state index contributed by atoms with van der Waals surface area (Å²) in [4.78, 5) is 22.7. The van der Waals surface area contributed by atoms with Crippen LogP contribution in [0.3, 0.4) is 0 Å². The van der Waals surface area contributed by atoms with E-state index in [1.54, 1.807) is 0 Å². The number of H-pyrrole nitrogens is 1. The third kappa shape index (κ3) is 6.50. The number of hydrogen-bond acceptors (Lipinski definition) is 7. The highest BCUT2D eigenvalue weighted by Crippen LogP contribution is 2.36. The smallest absolute Gasteiger partial charge is 0.375 e. The molecule has 2 aromatic heterocycles. The maximum atomic E-state index is 10.7. The molecule has 1 aliphatic rings. The van der Waals surface area contributed by atoms with Crippen LogP contribution >= 0.6 is 11.3 Å². The molecule has 1 saturated heterocycles. The number of aliphatic carboxylic acids is 1. The highest BCUT2D eigenvalue weighted by atomic mass is 32.1. The number of rotatable bonds is 8. The number of fused-ring (bicyclic) bond motifs is 2. The molecule has 38 heavy (non-hydrogen) atoms. The molecular weight excluding hydrogens is 509 g/mol. The lowest BCUT2D eigenvalue weighted by Crippen LogP contribution is -2.45. The molecule has 3 atom stereocenters. The number of aryl methyl sites for hydroxylation is 1. The van der Waals surface area contributed by atoms with Gasteiger partial charge < -0.3 is 19.9 Å². The molecule has 0 radical (unpaired) electrons. The van der Waals surface area contributed by atoms with E-state index in [0.717, 1.165) is 41.6 Å². The van der Waals surface area contributed by atoms with Gasteiger partial charge in [0.2, 0.25) is 5.76 Å². The van der Waals surface area contributed by atoms with Crippen molar-refractivity contribution in [2.24, 2.45) is 0 Å². The van der Waals surface area contributed by atoms with Gasteiger partial charge in [-0.2, -0.15) is 0 Å². The number of nitrogens with one attached hydrogen (secondary N) is 1. The van der Waals surface area contributed by atoms with Gasteiger partial charge in [-0.25, -0.2) is 9.78 Å². The number of aliphatic hydroxyl groups excluding tert-OH is 1. The Balaban J connectivity index is 0.000000426. The van der Waals surface area contributed by atoms with Crippen LogP contribution in [-0.2, 0) is 9.74 Å². The summed E-state index contributed by atoms with van der Waals surface area (Å²) in [6.07, 6.45) is 3.56. The number of β-amino-alcohol motifs (C(OH)–C–C–N with tert-alkyl or cyclic N) is 1. The standard InChI is InChI=1S/C25H29N3O2S.C3H3FO3/c1-16-5-3-8-23-24(16)27-25(31-23)18-10-12-28(17(2)13-18)14-19(29)15-30-22-7-4-6-21-20(22)9-11-26-21;1-2(7-4)3(5)6/h3-9,11,17-19,26,29H,10,12-15H2,1-2H3;1H2,(H,5,6)/t17-,18-,19?;/m0./s1. The zero-order valence-electron chi connectivity index (χ0n) is 21.4. The molecule has 1 aliphatic heterocycles. The number of aromatic amines is 1. The summed E-state index contributed by atoms with van der Waals surface area (Å²) >= 11 is 1.84. The summed E-state index contributed by atoms with van der Waals surface area (Å²) in [5.74, 6) is -1.08. The van der Waals surface area contributed by atoms with E-state index < -0.39 is 17.8 Å². The normalized spacial score (nSPS) is 18.5. The number of hydrogen-bond donors (Lipinski definition) is 3. The molecule has 10 heteroatoms. The number of carboxylic acid groups (broad SMARTS) is 1. The quantitative estimate of drug-likeness (QED) is 0.197. The van der Waals surface area contributed by atoms with E-state index in [0.29, 0.717) is 25.1 Å². The molecule has 0 aliphatic carbocycles. The number of benzene rings is 2. The van der Waals surface area contributed by atoms with Crippen molar-refractivity contribution in [3.8, 4) is 5.75 Å². The molecule has 0 saturated carbocycles. The van der Waals surface area contributed by atoms with Crippen LogP contribution in [-0.4, -0.2) is 62.9 Å². The van der Waals surface area contributed by atoms with Gasteiger partial charge in [0.1, 0.15) is 18.5 Å². The molecule has 3 N–H and O–H groups in total. The Labute approximate surface area is 224 Å². The van der Waals surface area contributed by atoms with Crippen molar-refractivity contribution < 1.29 is 29.2 Å². The Morgan fingerprint density at radius 2 is 2.11 bits per heavy atom. The van der Waals surface area contributed by atoms with E-state index in [1.165, 1.54) is 15.3 Å². The number of ether oxygens (including phenoxy) is 1. The van der Waals surface area contributed by atoms with E-state index in [-0.39, 0.29) is 0 Å². The van der Waals surface area contributed by atoms with Gasteiger partial charge in [-0.3, -0.25) is 9.84 Å². The fourth-order valence-corrected chi connectivity index (χ4v) is 5.91. The predicted octanol–water partition coefficient (Wildman–Crippen LogP) is 5.58. The summed E-state index contributed by atoms with van der Waals surface area (Å²) in [5, 5.41) is 20.7. The second-order valence-corrected chi connectivity index (χ2v) is 10.6. The minimum absolute atomic E-state index is 0.300. The molecule has 2 aromatic carbocycles. The molecule has 1 fully saturated rings. The van der Waals surface area contributed by atoms with Crippen LogP contribution < -0.4 is 4.74 Å². The number of nitrogens with zero attached hydrogens (tertiary/aromatic N) is 2. The van der Waals surface area contributed by atoms with Crippen molar-refractivity contribution in [3.63, 3.8) is 0 Å². The van der Waals surface area contributed by atoms with Crippen LogP contribution in [0.25, 0.3) is 21.1 Å². The summed E-state index contributed by atoms with van der Waals surface area (Å²) in [7, 11) is 0. The first-order valence-corrected chi connectivity index (χ1v) is 13.3. The number of piperidine rings is 1. The molecule has 5 rings (SSSR count). The van der Waals surface area contributed by atoms with Crippen molar-refractivity contribution in [2.45, 2.75) is 44.8 Å². The maximum Gasteiger partial charge on any atom is 0.375 e. The second kappa shape index (κ2) is 12.4. The highest BCUT2D eigenvalue weighted by molar-refractivity contribution is 7.18. The van der Waals surface area contributed by atoms with Crippen LogP contribution in [0.5, 0.6) is 5.75 Å². The number of aromatic nitrogens is 2. The first kappa shape index (κ1) is 27.6. The Bertz CT molecular complexity index is 1400. The minimum atomic E-state index is -1.50. The number of carbonyl (C=O) groups is 1. The number of aliphatic hydroxyl groups is 1. The fraction of sp³-hybridized carbons (Fsp3) is 0.357. The molecular formula is C28H32FN3O5S. The summed E-state index contributed by atoms with van der Waals surface area (Å²) in [6.45, 7) is 8.99. The molecule has 0 spiro atoms. The molecule has 0 amide bonds. The Morgan fingerprint density at radius 3 is 2.79 bits per heavy atom. The van der Waals surface area contributed by atoms with E-state index in [2.05, 4.69) is 53.5 Å². The van der Waals surface area contributed by atoms with Gasteiger partial charge in [0.25, 0.3) is 0 Å². The molecule has 8 nitrogen and oxygen atoms in total. The van der Waals surface area contributed by atoms with Gasteiger partial charge in [-0.1, -0.05) is 18.2 Å². The number of likely N-dealkylation sites (tertiary alicyclic amines) is 1. The number of thiazole rings is 1. The van der Waals surface area contributed by atoms with Crippen LogP contribution in [0.1, 0.15) is 36.3 Å². The first-order chi connectivity index (χ1) is 18.3. The predicted molar refractivity (Wildman–Crippen MR) is 146 cm³/mol. The van der Waals surface area contributed by atoms with Crippen LogP contribution in [0, 0.1) is 6.92 Å². The maximum absolute atomic E-state index is 10.7. The minimum Gasteiger partial charge on any atom is -0.490 e. The van der Waals surface area contributed by atoms with E-state index in [1.807, 2.05) is 41.8 Å². The highest BCUT2D eigenvalue weighted by Gasteiger charge is 2.29. The third-order valence-corrected chi connectivity index (χ3v) is 7.95. The lowest BCUT2D eigenvalue weighted by atomic mass is 9.92. The average molecular weight is 542 g/mol. The van der Waals surface area contributed by atoms with E-state index >= 15 is 0 Å². The Hall–Kier alpha value is -3.47. The van der Waals surface area contributed by atoms with Gasteiger partial charge in [-0.15, -0.1) is 11.3 Å². The van der Waals surface area contributed by atoms with E-state index in [4.69, 9.17) is 14.8 Å². The van der Waals surface area contributed by atoms with Crippen LogP contribution in [0.15, 0.2) is 61.0 Å². The van der Waals surface area contributed by atoms with Crippen molar-refractivity contribution in [2.75, 3.05) is 19.7 Å².